The van der Waals surface area contributed by atoms with Crippen LogP contribution < -0.4 is 4.90 Å². The van der Waals surface area contributed by atoms with Gasteiger partial charge in [0.1, 0.15) is 10.9 Å². The lowest BCUT2D eigenvalue weighted by atomic mass is 10.1. The summed E-state index contributed by atoms with van der Waals surface area (Å²) in [4.78, 5) is 19.9. The molecule has 32 heavy (non-hydrogen) atoms. The number of fused-ring (bicyclic) bond motifs is 1. The van der Waals surface area contributed by atoms with Gasteiger partial charge in [0.25, 0.3) is 10.0 Å². The van der Waals surface area contributed by atoms with Gasteiger partial charge in [0.2, 0.25) is 5.91 Å². The van der Waals surface area contributed by atoms with Crippen molar-refractivity contribution in [2.75, 3.05) is 37.6 Å². The number of carbonyl (C=O) groups is 1. The van der Waals surface area contributed by atoms with Crippen molar-refractivity contribution in [3.05, 3.63) is 59.2 Å². The summed E-state index contributed by atoms with van der Waals surface area (Å²) in [6.45, 7) is 7.82. The quantitative estimate of drug-likeness (QED) is 0.700. The molecule has 5 rings (SSSR count). The first-order chi connectivity index (χ1) is 15.4. The van der Waals surface area contributed by atoms with Gasteiger partial charge in [-0.3, -0.25) is 4.79 Å². The fraction of sp³-hybridized carbons (Fsp3) is 0.417. The molecule has 2 saturated heterocycles. The number of carbonyl (C=O) groups excluding carboxylic acids is 1. The first-order valence-corrected chi connectivity index (χ1v) is 12.6. The average molecular weight is 453 g/mol. The highest BCUT2D eigenvalue weighted by atomic mass is 32.2. The number of anilines is 1. The summed E-state index contributed by atoms with van der Waals surface area (Å²) in [5, 5.41) is 0. The van der Waals surface area contributed by atoms with Gasteiger partial charge in [-0.2, -0.15) is 8.42 Å². The molecule has 168 valence electrons. The van der Waals surface area contributed by atoms with Crippen molar-refractivity contribution in [2.45, 2.75) is 37.6 Å². The molecule has 0 bridgehead atoms. The normalized spacial score (nSPS) is 22.1. The zero-order chi connectivity index (χ0) is 22.5. The van der Waals surface area contributed by atoms with Gasteiger partial charge < -0.3 is 14.7 Å². The zero-order valence-electron chi connectivity index (χ0n) is 18.5. The van der Waals surface area contributed by atoms with Crippen LogP contribution >= 0.6 is 0 Å². The van der Waals surface area contributed by atoms with E-state index in [9.17, 15) is 13.2 Å². The Morgan fingerprint density at radius 2 is 1.72 bits per heavy atom. The molecule has 7 nitrogen and oxygen atoms in total. The van der Waals surface area contributed by atoms with Crippen LogP contribution in [0.4, 0.5) is 5.69 Å². The van der Waals surface area contributed by atoms with E-state index < -0.39 is 10.0 Å². The second-order valence-corrected chi connectivity index (χ2v) is 10.3. The van der Waals surface area contributed by atoms with E-state index in [1.807, 2.05) is 15.9 Å². The maximum absolute atomic E-state index is 13.5. The Balaban J connectivity index is 1.32. The molecule has 0 aromatic heterocycles. The lowest BCUT2D eigenvalue weighted by Gasteiger charge is -2.39. The van der Waals surface area contributed by atoms with Crippen molar-refractivity contribution in [2.24, 2.45) is 4.40 Å². The Kier molecular flexibility index (Phi) is 5.20. The summed E-state index contributed by atoms with van der Waals surface area (Å²) in [7, 11) is -3.70. The number of aryl methyl sites for hydroxylation is 1. The molecule has 3 aliphatic rings. The Hall–Kier alpha value is -2.87. The fourth-order valence-electron chi connectivity index (χ4n) is 5.03. The van der Waals surface area contributed by atoms with Gasteiger partial charge in [-0.05, 0) is 56.0 Å². The number of likely N-dealkylation sites (tertiary alicyclic amines) is 1. The summed E-state index contributed by atoms with van der Waals surface area (Å²) in [5.74, 6) is 0.498. The first kappa shape index (κ1) is 21.0. The van der Waals surface area contributed by atoms with Gasteiger partial charge >= 0.3 is 0 Å². The van der Waals surface area contributed by atoms with Gasteiger partial charge in [-0.25, -0.2) is 0 Å². The number of hydrogen-bond donors (Lipinski definition) is 0. The number of piperazine rings is 1. The Morgan fingerprint density at radius 1 is 0.969 bits per heavy atom. The molecule has 2 aromatic carbocycles. The highest BCUT2D eigenvalue weighted by Gasteiger charge is 2.41. The number of hydrogen-bond acceptors (Lipinski definition) is 5. The zero-order valence-corrected chi connectivity index (χ0v) is 19.3. The summed E-state index contributed by atoms with van der Waals surface area (Å²) in [5.41, 5.74) is 4.40. The van der Waals surface area contributed by atoms with Gasteiger partial charge in [0.05, 0.1) is 0 Å². The minimum Gasteiger partial charge on any atom is -0.368 e. The third-order valence-electron chi connectivity index (χ3n) is 6.93. The van der Waals surface area contributed by atoms with Crippen LogP contribution in [0.1, 0.15) is 29.5 Å². The molecule has 0 radical (unpaired) electrons. The lowest BCUT2D eigenvalue weighted by Crippen LogP contribution is -2.54. The molecule has 3 heterocycles. The molecule has 8 heteroatoms. The number of nitrogens with zero attached hydrogens (tertiary/aromatic N) is 4. The van der Waals surface area contributed by atoms with E-state index in [0.29, 0.717) is 31.0 Å². The fourth-order valence-corrected chi connectivity index (χ4v) is 6.25. The van der Waals surface area contributed by atoms with E-state index in [4.69, 9.17) is 0 Å². The lowest BCUT2D eigenvalue weighted by molar-refractivity contribution is -0.135. The van der Waals surface area contributed by atoms with Crippen LogP contribution in [0, 0.1) is 13.8 Å². The van der Waals surface area contributed by atoms with Crippen molar-refractivity contribution in [1.29, 1.82) is 0 Å². The van der Waals surface area contributed by atoms with Gasteiger partial charge in [0.15, 0.2) is 5.84 Å². The summed E-state index contributed by atoms with van der Waals surface area (Å²) in [6.07, 6.45) is 1.57. The van der Waals surface area contributed by atoms with E-state index in [-0.39, 0.29) is 16.8 Å². The van der Waals surface area contributed by atoms with Crippen LogP contribution in [0.3, 0.4) is 0 Å². The number of amidine groups is 1. The van der Waals surface area contributed by atoms with Crippen molar-refractivity contribution in [3.63, 3.8) is 0 Å². The Labute approximate surface area is 189 Å². The smallest absolute Gasteiger partial charge is 0.285 e. The molecule has 1 atom stereocenters. The number of sulfonamides is 1. The summed E-state index contributed by atoms with van der Waals surface area (Å²) in [6, 6.07) is 12.9. The van der Waals surface area contributed by atoms with Crippen molar-refractivity contribution >= 4 is 27.5 Å². The molecule has 0 spiro atoms. The van der Waals surface area contributed by atoms with Gasteiger partial charge in [0, 0.05) is 44.0 Å². The van der Waals surface area contributed by atoms with Crippen LogP contribution in [0.5, 0.6) is 0 Å². The van der Waals surface area contributed by atoms with E-state index in [1.54, 1.807) is 18.2 Å². The third-order valence-corrected chi connectivity index (χ3v) is 8.26. The van der Waals surface area contributed by atoms with Crippen molar-refractivity contribution in [1.82, 2.24) is 9.80 Å². The monoisotopic (exact) mass is 452 g/mol. The molecular formula is C24H28N4O3S. The molecule has 0 N–H and O–H groups in total. The minimum atomic E-state index is -3.70. The molecule has 2 fully saturated rings. The SMILES string of the molecule is Cc1cccc(N2CCN(C(=O)C3CCCN3C3=NS(=O)(=O)c4ccccc43)CC2)c1C. The summed E-state index contributed by atoms with van der Waals surface area (Å²) >= 11 is 0. The molecule has 1 unspecified atom stereocenters. The predicted octanol–water partition coefficient (Wildman–Crippen LogP) is 2.57. The second-order valence-electron chi connectivity index (χ2n) is 8.77. The van der Waals surface area contributed by atoms with E-state index in [1.165, 1.54) is 16.8 Å². The van der Waals surface area contributed by atoms with E-state index in [0.717, 1.165) is 25.9 Å². The first-order valence-electron chi connectivity index (χ1n) is 11.2. The third kappa shape index (κ3) is 3.46. The number of benzene rings is 2. The Bertz CT molecular complexity index is 1200. The van der Waals surface area contributed by atoms with Crippen molar-refractivity contribution < 1.29 is 13.2 Å². The average Bonchev–Trinajstić information content (AvgIpc) is 3.38. The minimum absolute atomic E-state index is 0.0765. The molecule has 1 amide bonds. The van der Waals surface area contributed by atoms with Gasteiger partial charge in [-0.1, -0.05) is 24.3 Å². The largest absolute Gasteiger partial charge is 0.368 e. The van der Waals surface area contributed by atoms with Crippen molar-refractivity contribution in [3.8, 4) is 0 Å². The maximum Gasteiger partial charge on any atom is 0.285 e. The highest BCUT2D eigenvalue weighted by Crippen LogP contribution is 2.32. The summed E-state index contributed by atoms with van der Waals surface area (Å²) < 4.78 is 29.1. The van der Waals surface area contributed by atoms with Gasteiger partial charge in [-0.15, -0.1) is 4.40 Å². The molecular weight excluding hydrogens is 424 g/mol. The molecule has 0 saturated carbocycles. The second kappa shape index (κ2) is 7.92. The predicted molar refractivity (Wildman–Crippen MR) is 125 cm³/mol. The van der Waals surface area contributed by atoms with Crippen LogP contribution in [-0.4, -0.2) is 68.7 Å². The molecule has 0 aliphatic carbocycles. The molecule has 3 aliphatic heterocycles. The number of amides is 1. The Morgan fingerprint density at radius 3 is 2.50 bits per heavy atom. The van der Waals surface area contributed by atoms with Crippen LogP contribution in [0.15, 0.2) is 51.8 Å². The van der Waals surface area contributed by atoms with Crippen LogP contribution in [-0.2, 0) is 14.8 Å². The standard InChI is InChI=1S/C24H28N4O3S/c1-17-7-5-9-20(18(17)2)26-13-15-27(16-14-26)24(29)21-10-6-12-28(21)23-19-8-3-4-11-22(19)32(30,31)25-23/h3-5,7-9,11,21H,6,10,12-16H2,1-2H3. The topological polar surface area (TPSA) is 73.3 Å². The van der Waals surface area contributed by atoms with Crippen LogP contribution in [0.2, 0.25) is 0 Å². The highest BCUT2D eigenvalue weighted by molar-refractivity contribution is 7.90. The maximum atomic E-state index is 13.5. The van der Waals surface area contributed by atoms with E-state index in [2.05, 4.69) is 41.3 Å². The van der Waals surface area contributed by atoms with E-state index >= 15 is 0 Å². The number of rotatable bonds is 2. The molecule has 2 aromatic rings. The van der Waals surface area contributed by atoms with Crippen LogP contribution in [0.25, 0.3) is 0 Å².